The molecule has 2 heterocycles. The van der Waals surface area contributed by atoms with Gasteiger partial charge in [0, 0.05) is 45.6 Å². The molecule has 24 heavy (non-hydrogen) atoms. The Labute approximate surface area is 140 Å². The van der Waals surface area contributed by atoms with Crippen molar-refractivity contribution in [3.05, 3.63) is 30.4 Å². The van der Waals surface area contributed by atoms with Gasteiger partial charge < -0.3 is 20.3 Å². The van der Waals surface area contributed by atoms with Gasteiger partial charge in [-0.3, -0.25) is 4.79 Å². The second-order valence-electron chi connectivity index (χ2n) is 5.15. The summed E-state index contributed by atoms with van der Waals surface area (Å²) in [5.74, 6) is 1.99. The Morgan fingerprint density at radius 1 is 1.21 bits per heavy atom. The molecule has 9 nitrogen and oxygen atoms in total. The molecule has 0 saturated carbocycles. The van der Waals surface area contributed by atoms with Gasteiger partial charge in [-0.25, -0.2) is 19.9 Å². The van der Waals surface area contributed by atoms with E-state index in [1.165, 1.54) is 0 Å². The van der Waals surface area contributed by atoms with Gasteiger partial charge in [0.25, 0.3) is 5.91 Å². The molecule has 0 spiro atoms. The molecule has 2 aromatic heterocycles. The Balaban J connectivity index is 1.70. The number of nitrogens with zero attached hydrogens (tertiary/aromatic N) is 5. The summed E-state index contributed by atoms with van der Waals surface area (Å²) in [5, 5.41) is 5.89. The summed E-state index contributed by atoms with van der Waals surface area (Å²) < 4.78 is 5.16. The van der Waals surface area contributed by atoms with Crippen molar-refractivity contribution in [2.24, 2.45) is 0 Å². The standard InChI is InChI=1S/C15H21N7O2/c1-11-20-12(9-13(21-11)22(2)3)16-7-8-17-14(23)10-24-15-18-5-4-6-19-15/h4-6,9H,7-8,10H2,1-3H3,(H,17,23)(H,16,20,21). The zero-order chi connectivity index (χ0) is 17.4. The van der Waals surface area contributed by atoms with Crippen LogP contribution in [0.4, 0.5) is 11.6 Å². The van der Waals surface area contributed by atoms with Gasteiger partial charge in [0.05, 0.1) is 0 Å². The monoisotopic (exact) mass is 331 g/mol. The fourth-order valence-corrected chi connectivity index (χ4v) is 1.81. The van der Waals surface area contributed by atoms with E-state index in [9.17, 15) is 4.79 Å². The molecule has 0 atom stereocenters. The van der Waals surface area contributed by atoms with Crippen molar-refractivity contribution in [2.75, 3.05) is 44.0 Å². The topological polar surface area (TPSA) is 105 Å². The van der Waals surface area contributed by atoms with Crippen LogP contribution in [0.3, 0.4) is 0 Å². The number of aryl methyl sites for hydroxylation is 1. The van der Waals surface area contributed by atoms with Gasteiger partial charge in [0.15, 0.2) is 6.61 Å². The number of hydrogen-bond acceptors (Lipinski definition) is 8. The third-order valence-corrected chi connectivity index (χ3v) is 2.91. The molecule has 0 fully saturated rings. The zero-order valence-corrected chi connectivity index (χ0v) is 14.0. The average molecular weight is 331 g/mol. The minimum absolute atomic E-state index is 0.124. The van der Waals surface area contributed by atoms with Gasteiger partial charge in [0.1, 0.15) is 17.5 Å². The fraction of sp³-hybridized carbons (Fsp3) is 0.400. The molecule has 0 aromatic carbocycles. The quantitative estimate of drug-likeness (QED) is 0.663. The number of hydrogen-bond donors (Lipinski definition) is 2. The zero-order valence-electron chi connectivity index (χ0n) is 14.0. The van der Waals surface area contributed by atoms with E-state index in [0.717, 1.165) is 11.6 Å². The van der Waals surface area contributed by atoms with Gasteiger partial charge in [-0.05, 0) is 13.0 Å². The van der Waals surface area contributed by atoms with Gasteiger partial charge >= 0.3 is 6.01 Å². The molecule has 0 aliphatic rings. The van der Waals surface area contributed by atoms with Crippen molar-refractivity contribution >= 4 is 17.5 Å². The van der Waals surface area contributed by atoms with E-state index in [2.05, 4.69) is 30.6 Å². The summed E-state index contributed by atoms with van der Waals surface area (Å²) in [4.78, 5) is 30.0. The first-order chi connectivity index (χ1) is 11.5. The van der Waals surface area contributed by atoms with Gasteiger partial charge in [0.2, 0.25) is 0 Å². The van der Waals surface area contributed by atoms with Gasteiger partial charge in [-0.2, -0.15) is 0 Å². The van der Waals surface area contributed by atoms with Crippen LogP contribution >= 0.6 is 0 Å². The smallest absolute Gasteiger partial charge is 0.316 e. The first-order valence-electron chi connectivity index (χ1n) is 7.48. The highest BCUT2D eigenvalue weighted by Gasteiger charge is 2.05. The number of anilines is 2. The van der Waals surface area contributed by atoms with Gasteiger partial charge in [-0.15, -0.1) is 0 Å². The molecule has 0 saturated heterocycles. The van der Waals surface area contributed by atoms with Crippen molar-refractivity contribution in [3.63, 3.8) is 0 Å². The average Bonchev–Trinajstić information content (AvgIpc) is 2.57. The molecule has 0 radical (unpaired) electrons. The Bertz CT molecular complexity index is 664. The molecule has 1 amide bonds. The number of aromatic nitrogens is 4. The fourth-order valence-electron chi connectivity index (χ4n) is 1.81. The van der Waals surface area contributed by atoms with Crippen molar-refractivity contribution in [1.29, 1.82) is 0 Å². The minimum atomic E-state index is -0.239. The summed E-state index contributed by atoms with van der Waals surface area (Å²) in [6.07, 6.45) is 3.10. The Kier molecular flexibility index (Phi) is 6.23. The molecule has 0 unspecified atom stereocenters. The highest BCUT2D eigenvalue weighted by Crippen LogP contribution is 2.12. The highest BCUT2D eigenvalue weighted by molar-refractivity contribution is 5.77. The van der Waals surface area contributed by atoms with Crippen LogP contribution in [0, 0.1) is 6.92 Å². The maximum atomic E-state index is 11.7. The van der Waals surface area contributed by atoms with Crippen LogP contribution in [-0.4, -0.2) is 59.6 Å². The van der Waals surface area contributed by atoms with Gasteiger partial charge in [-0.1, -0.05) is 0 Å². The lowest BCUT2D eigenvalue weighted by atomic mass is 10.4. The Morgan fingerprint density at radius 3 is 2.67 bits per heavy atom. The van der Waals surface area contributed by atoms with Crippen molar-refractivity contribution in [3.8, 4) is 6.01 Å². The van der Waals surface area contributed by atoms with Crippen LogP contribution in [0.25, 0.3) is 0 Å². The van der Waals surface area contributed by atoms with Crippen LogP contribution in [0.5, 0.6) is 6.01 Å². The van der Waals surface area contributed by atoms with Crippen molar-refractivity contribution in [1.82, 2.24) is 25.3 Å². The van der Waals surface area contributed by atoms with E-state index in [1.807, 2.05) is 32.0 Å². The molecule has 0 bridgehead atoms. The lowest BCUT2D eigenvalue weighted by Crippen LogP contribution is -2.33. The molecule has 2 aromatic rings. The third-order valence-electron chi connectivity index (χ3n) is 2.91. The normalized spacial score (nSPS) is 10.1. The van der Waals surface area contributed by atoms with Crippen molar-refractivity contribution in [2.45, 2.75) is 6.92 Å². The first-order valence-corrected chi connectivity index (χ1v) is 7.48. The Hall–Kier alpha value is -2.97. The number of carbonyl (C=O) groups excluding carboxylic acids is 1. The number of amides is 1. The first kappa shape index (κ1) is 17.4. The number of ether oxygens (including phenoxy) is 1. The summed E-state index contributed by atoms with van der Waals surface area (Å²) in [5.41, 5.74) is 0. The van der Waals surface area contributed by atoms with Crippen LogP contribution in [-0.2, 0) is 4.79 Å². The number of carbonyl (C=O) groups is 1. The van der Waals surface area contributed by atoms with Crippen LogP contribution < -0.4 is 20.3 Å². The van der Waals surface area contributed by atoms with Crippen LogP contribution in [0.1, 0.15) is 5.82 Å². The summed E-state index contributed by atoms with van der Waals surface area (Å²) in [6, 6.07) is 3.71. The lowest BCUT2D eigenvalue weighted by Gasteiger charge is -2.14. The molecule has 9 heteroatoms. The number of rotatable bonds is 8. The van der Waals surface area contributed by atoms with E-state index in [0.29, 0.717) is 18.9 Å². The molecule has 2 rings (SSSR count). The van der Waals surface area contributed by atoms with E-state index in [-0.39, 0.29) is 18.5 Å². The molecule has 0 aliphatic carbocycles. The number of nitrogens with one attached hydrogen (secondary N) is 2. The maximum absolute atomic E-state index is 11.7. The van der Waals surface area contributed by atoms with E-state index >= 15 is 0 Å². The summed E-state index contributed by atoms with van der Waals surface area (Å²) in [7, 11) is 3.84. The second-order valence-corrected chi connectivity index (χ2v) is 5.15. The molecular formula is C15H21N7O2. The Morgan fingerprint density at radius 2 is 1.96 bits per heavy atom. The highest BCUT2D eigenvalue weighted by atomic mass is 16.5. The lowest BCUT2D eigenvalue weighted by molar-refractivity contribution is -0.123. The van der Waals surface area contributed by atoms with Crippen LogP contribution in [0.15, 0.2) is 24.5 Å². The molecule has 0 aliphatic heterocycles. The molecule has 128 valence electrons. The second kappa shape index (κ2) is 8.61. The van der Waals surface area contributed by atoms with E-state index in [4.69, 9.17) is 4.74 Å². The summed E-state index contributed by atoms with van der Waals surface area (Å²) in [6.45, 7) is 2.69. The largest absolute Gasteiger partial charge is 0.453 e. The minimum Gasteiger partial charge on any atom is -0.453 e. The van der Waals surface area contributed by atoms with Crippen molar-refractivity contribution < 1.29 is 9.53 Å². The summed E-state index contributed by atoms with van der Waals surface area (Å²) >= 11 is 0. The predicted molar refractivity (Wildman–Crippen MR) is 90.1 cm³/mol. The SMILES string of the molecule is Cc1nc(NCCNC(=O)COc2ncccn2)cc(N(C)C)n1. The molecule has 2 N–H and O–H groups in total. The molecular weight excluding hydrogens is 310 g/mol. The predicted octanol–water partition coefficient (Wildman–Crippen LogP) is 0.248. The maximum Gasteiger partial charge on any atom is 0.316 e. The van der Waals surface area contributed by atoms with E-state index < -0.39 is 0 Å². The van der Waals surface area contributed by atoms with E-state index in [1.54, 1.807) is 18.5 Å². The van der Waals surface area contributed by atoms with Crippen LogP contribution in [0.2, 0.25) is 0 Å². The third kappa shape index (κ3) is 5.67.